The van der Waals surface area contributed by atoms with Crippen molar-refractivity contribution in [3.63, 3.8) is 0 Å². The third kappa shape index (κ3) is 5.17. The average molecular weight is 400 g/mol. The van der Waals surface area contributed by atoms with Crippen LogP contribution in [0.1, 0.15) is 44.1 Å². The molecule has 1 aliphatic heterocycles. The number of nitro benzene ring substituents is 1. The van der Waals surface area contributed by atoms with Crippen molar-refractivity contribution < 1.29 is 9.72 Å². The summed E-state index contributed by atoms with van der Waals surface area (Å²) in [5.41, 5.74) is 0.624. The molecule has 0 radical (unpaired) electrons. The third-order valence-electron chi connectivity index (χ3n) is 5.56. The van der Waals surface area contributed by atoms with Crippen LogP contribution in [0.4, 0.5) is 5.69 Å². The van der Waals surface area contributed by atoms with E-state index in [2.05, 4.69) is 41.3 Å². The van der Waals surface area contributed by atoms with Crippen molar-refractivity contribution in [2.75, 3.05) is 19.6 Å². The van der Waals surface area contributed by atoms with E-state index in [0.29, 0.717) is 18.2 Å². The highest BCUT2D eigenvalue weighted by Gasteiger charge is 2.26. The SMILES string of the molecule is CC1CCN(C(CNC(=O)c2cn(-c3cccc([N+](=O)[O-])c3)nn2)C(C)C)CC1. The van der Waals surface area contributed by atoms with E-state index in [4.69, 9.17) is 0 Å². The van der Waals surface area contributed by atoms with Crippen LogP contribution in [-0.4, -0.2) is 56.4 Å². The average Bonchev–Trinajstić information content (AvgIpc) is 3.19. The van der Waals surface area contributed by atoms with Gasteiger partial charge in [-0.15, -0.1) is 5.10 Å². The first kappa shape index (κ1) is 20.9. The molecule has 9 heteroatoms. The van der Waals surface area contributed by atoms with Gasteiger partial charge in [-0.25, -0.2) is 4.68 Å². The summed E-state index contributed by atoms with van der Waals surface area (Å²) in [5.74, 6) is 0.888. The molecule has 1 amide bonds. The second-order valence-corrected chi connectivity index (χ2v) is 8.07. The van der Waals surface area contributed by atoms with E-state index in [1.54, 1.807) is 12.1 Å². The molecule has 2 aromatic rings. The maximum absolute atomic E-state index is 12.6. The number of rotatable bonds is 7. The zero-order valence-electron chi connectivity index (χ0n) is 17.1. The minimum Gasteiger partial charge on any atom is -0.349 e. The van der Waals surface area contributed by atoms with Gasteiger partial charge in [-0.2, -0.15) is 0 Å². The topological polar surface area (TPSA) is 106 Å². The van der Waals surface area contributed by atoms with Gasteiger partial charge < -0.3 is 5.32 Å². The second-order valence-electron chi connectivity index (χ2n) is 8.07. The summed E-state index contributed by atoms with van der Waals surface area (Å²) in [4.78, 5) is 25.5. The normalized spacial score (nSPS) is 16.7. The number of likely N-dealkylation sites (tertiary alicyclic amines) is 1. The second kappa shape index (κ2) is 9.13. The molecule has 0 spiro atoms. The number of amides is 1. The number of nitrogens with zero attached hydrogens (tertiary/aromatic N) is 5. The summed E-state index contributed by atoms with van der Waals surface area (Å²) in [6.45, 7) is 9.30. The minimum atomic E-state index is -0.471. The molecule has 1 aliphatic rings. The van der Waals surface area contributed by atoms with Crippen LogP contribution in [0, 0.1) is 22.0 Å². The van der Waals surface area contributed by atoms with Gasteiger partial charge in [-0.1, -0.05) is 32.1 Å². The summed E-state index contributed by atoms with van der Waals surface area (Å²) in [6, 6.07) is 6.32. The van der Waals surface area contributed by atoms with Gasteiger partial charge in [0.05, 0.1) is 16.8 Å². The maximum Gasteiger partial charge on any atom is 0.273 e. The zero-order chi connectivity index (χ0) is 21.0. The highest BCUT2D eigenvalue weighted by Crippen LogP contribution is 2.21. The van der Waals surface area contributed by atoms with Gasteiger partial charge in [0.25, 0.3) is 11.6 Å². The largest absolute Gasteiger partial charge is 0.349 e. The molecule has 1 saturated heterocycles. The molecule has 1 fully saturated rings. The van der Waals surface area contributed by atoms with Crippen molar-refractivity contribution in [1.29, 1.82) is 0 Å². The monoisotopic (exact) mass is 400 g/mol. The number of hydrogen-bond donors (Lipinski definition) is 1. The Kier molecular flexibility index (Phi) is 6.58. The molecular formula is C20H28N6O3. The van der Waals surface area contributed by atoms with Crippen LogP contribution in [0.5, 0.6) is 0 Å². The summed E-state index contributed by atoms with van der Waals surface area (Å²) in [6.07, 6.45) is 3.87. The van der Waals surface area contributed by atoms with E-state index in [1.807, 2.05) is 0 Å². The lowest BCUT2D eigenvalue weighted by molar-refractivity contribution is -0.384. The first-order valence-electron chi connectivity index (χ1n) is 10.0. The zero-order valence-corrected chi connectivity index (χ0v) is 17.1. The highest BCUT2D eigenvalue weighted by atomic mass is 16.6. The van der Waals surface area contributed by atoms with Crippen LogP contribution in [-0.2, 0) is 0 Å². The van der Waals surface area contributed by atoms with Crippen LogP contribution in [0.25, 0.3) is 5.69 Å². The van der Waals surface area contributed by atoms with E-state index >= 15 is 0 Å². The Morgan fingerprint density at radius 1 is 1.34 bits per heavy atom. The Hall–Kier alpha value is -2.81. The van der Waals surface area contributed by atoms with Crippen molar-refractivity contribution >= 4 is 11.6 Å². The Bertz CT molecular complexity index is 857. The van der Waals surface area contributed by atoms with Gasteiger partial charge in [0.1, 0.15) is 0 Å². The highest BCUT2D eigenvalue weighted by molar-refractivity contribution is 5.91. The van der Waals surface area contributed by atoms with Crippen LogP contribution in [0.3, 0.4) is 0 Å². The molecule has 1 aromatic heterocycles. The Labute approximate surface area is 170 Å². The van der Waals surface area contributed by atoms with Crippen LogP contribution in [0.2, 0.25) is 0 Å². The lowest BCUT2D eigenvalue weighted by atomic mass is 9.94. The molecule has 0 saturated carbocycles. The van der Waals surface area contributed by atoms with Crippen molar-refractivity contribution in [2.24, 2.45) is 11.8 Å². The standard InChI is InChI=1S/C20H28N6O3/c1-14(2)19(24-9-7-15(3)8-10-24)12-21-20(27)18-13-25(23-22-18)16-5-4-6-17(11-16)26(28)29/h4-6,11,13-15,19H,7-10,12H2,1-3H3,(H,21,27). The van der Waals surface area contributed by atoms with Gasteiger partial charge in [0, 0.05) is 24.7 Å². The number of aromatic nitrogens is 3. The first-order valence-corrected chi connectivity index (χ1v) is 10.0. The first-order chi connectivity index (χ1) is 13.8. The maximum atomic E-state index is 12.6. The minimum absolute atomic E-state index is 0.0420. The smallest absolute Gasteiger partial charge is 0.273 e. The molecule has 1 unspecified atom stereocenters. The molecule has 0 aliphatic carbocycles. The van der Waals surface area contributed by atoms with Gasteiger partial charge in [-0.3, -0.25) is 19.8 Å². The Morgan fingerprint density at radius 3 is 2.72 bits per heavy atom. The van der Waals surface area contributed by atoms with E-state index in [9.17, 15) is 14.9 Å². The third-order valence-corrected chi connectivity index (χ3v) is 5.56. The summed E-state index contributed by atoms with van der Waals surface area (Å²) in [5, 5.41) is 21.8. The van der Waals surface area contributed by atoms with Gasteiger partial charge in [0.15, 0.2) is 5.69 Å². The molecule has 1 aromatic carbocycles. The quantitative estimate of drug-likeness (QED) is 0.566. The molecule has 156 valence electrons. The van der Waals surface area contributed by atoms with Crippen molar-refractivity contribution in [2.45, 2.75) is 39.7 Å². The van der Waals surface area contributed by atoms with Crippen molar-refractivity contribution in [3.05, 3.63) is 46.3 Å². The van der Waals surface area contributed by atoms with E-state index in [-0.39, 0.29) is 23.3 Å². The van der Waals surface area contributed by atoms with Gasteiger partial charge >= 0.3 is 0 Å². The van der Waals surface area contributed by atoms with Gasteiger partial charge in [0.2, 0.25) is 0 Å². The van der Waals surface area contributed by atoms with Gasteiger partial charge in [-0.05, 0) is 43.8 Å². The predicted molar refractivity (Wildman–Crippen MR) is 109 cm³/mol. The van der Waals surface area contributed by atoms with E-state index in [1.165, 1.54) is 35.9 Å². The van der Waals surface area contributed by atoms with Crippen LogP contribution in [0.15, 0.2) is 30.5 Å². The molecule has 9 nitrogen and oxygen atoms in total. The molecule has 29 heavy (non-hydrogen) atoms. The number of nitrogens with one attached hydrogen (secondary N) is 1. The predicted octanol–water partition coefficient (Wildman–Crippen LogP) is 2.66. The van der Waals surface area contributed by atoms with E-state index < -0.39 is 4.92 Å². The Balaban J connectivity index is 1.63. The fourth-order valence-corrected chi connectivity index (χ4v) is 3.68. The van der Waals surface area contributed by atoms with E-state index in [0.717, 1.165) is 19.0 Å². The number of nitro groups is 1. The fraction of sp³-hybridized carbons (Fsp3) is 0.550. The molecule has 0 bridgehead atoms. The molecule has 1 atom stereocenters. The fourth-order valence-electron chi connectivity index (χ4n) is 3.68. The summed E-state index contributed by atoms with van der Waals surface area (Å²) >= 11 is 0. The summed E-state index contributed by atoms with van der Waals surface area (Å²) < 4.78 is 1.37. The van der Waals surface area contributed by atoms with Crippen molar-refractivity contribution in [1.82, 2.24) is 25.2 Å². The lowest BCUT2D eigenvalue weighted by Crippen LogP contribution is -2.49. The number of piperidine rings is 1. The number of benzene rings is 1. The Morgan fingerprint density at radius 2 is 2.07 bits per heavy atom. The number of hydrogen-bond acceptors (Lipinski definition) is 6. The van der Waals surface area contributed by atoms with Crippen molar-refractivity contribution in [3.8, 4) is 5.69 Å². The summed E-state index contributed by atoms with van der Waals surface area (Å²) in [7, 11) is 0. The van der Waals surface area contributed by atoms with Crippen LogP contribution < -0.4 is 5.32 Å². The lowest BCUT2D eigenvalue weighted by Gasteiger charge is -2.38. The number of carbonyl (C=O) groups excluding carboxylic acids is 1. The van der Waals surface area contributed by atoms with Crippen LogP contribution >= 0.6 is 0 Å². The molecular weight excluding hydrogens is 372 g/mol. The molecule has 3 rings (SSSR count). The number of carbonyl (C=O) groups is 1. The number of non-ortho nitro benzene ring substituents is 1. The molecule has 2 heterocycles. The molecule has 1 N–H and O–H groups in total.